The average Bonchev–Trinajstić information content (AvgIpc) is 2.00. The molecule has 74 valence electrons. The van der Waals surface area contributed by atoms with Crippen molar-refractivity contribution in [3.8, 4) is 0 Å². The van der Waals surface area contributed by atoms with Gasteiger partial charge in [-0.3, -0.25) is 0 Å². The van der Waals surface area contributed by atoms with Crippen LogP contribution in [0.4, 0.5) is 8.78 Å². The molecule has 1 atom stereocenters. The first-order chi connectivity index (χ1) is 5.39. The van der Waals surface area contributed by atoms with E-state index < -0.39 is 12.5 Å². The number of hydrogen-bond donors (Lipinski definition) is 2. The van der Waals surface area contributed by atoms with Gasteiger partial charge in [-0.05, 0) is 6.92 Å². The van der Waals surface area contributed by atoms with Gasteiger partial charge in [0.05, 0.1) is 6.04 Å². The molecule has 0 aromatic heterocycles. The first kappa shape index (κ1) is 11.8. The number of nitrogens with one attached hydrogen (secondary N) is 1. The highest BCUT2D eigenvalue weighted by atomic mass is 19.3. The Kier molecular flexibility index (Phi) is 4.63. The third-order valence-electron chi connectivity index (χ3n) is 1.71. The molecule has 0 aliphatic carbocycles. The lowest BCUT2D eigenvalue weighted by molar-refractivity contribution is 0.0904. The fraction of sp³-hybridized carbons (Fsp3) is 1.00. The predicted molar refractivity (Wildman–Crippen MR) is 44.3 cm³/mol. The second-order valence-electron chi connectivity index (χ2n) is 3.83. The van der Waals surface area contributed by atoms with Gasteiger partial charge in [0.1, 0.15) is 0 Å². The lowest BCUT2D eigenvalue weighted by Crippen LogP contribution is -2.40. The Balaban J connectivity index is 3.67. The molecular formula is C8H17F2NO. The van der Waals surface area contributed by atoms with Crippen LogP contribution in [0.2, 0.25) is 0 Å². The maximum atomic E-state index is 12.0. The van der Waals surface area contributed by atoms with Gasteiger partial charge < -0.3 is 10.4 Å². The average molecular weight is 181 g/mol. The van der Waals surface area contributed by atoms with Gasteiger partial charge in [0, 0.05) is 18.6 Å². The number of alkyl halides is 2. The lowest BCUT2D eigenvalue weighted by atomic mass is 9.95. The first-order valence-electron chi connectivity index (χ1n) is 4.01. The maximum Gasteiger partial charge on any atom is 0.253 e. The zero-order valence-corrected chi connectivity index (χ0v) is 7.77. The minimum Gasteiger partial charge on any atom is -0.396 e. The second-order valence-corrected chi connectivity index (χ2v) is 3.83. The molecule has 0 amide bonds. The summed E-state index contributed by atoms with van der Waals surface area (Å²) in [6, 6.07) is -0.809. The number of rotatable bonds is 5. The summed E-state index contributed by atoms with van der Waals surface area (Å²) in [7, 11) is 0. The highest BCUT2D eigenvalue weighted by Crippen LogP contribution is 2.12. The molecule has 0 bridgehead atoms. The highest BCUT2D eigenvalue weighted by molar-refractivity contribution is 4.73. The van der Waals surface area contributed by atoms with E-state index in [9.17, 15) is 8.78 Å². The van der Waals surface area contributed by atoms with Crippen LogP contribution in [0.3, 0.4) is 0 Å². The van der Waals surface area contributed by atoms with Gasteiger partial charge in [0.25, 0.3) is 6.43 Å². The third-order valence-corrected chi connectivity index (χ3v) is 1.71. The van der Waals surface area contributed by atoms with Crippen molar-refractivity contribution in [1.82, 2.24) is 5.32 Å². The van der Waals surface area contributed by atoms with Crippen molar-refractivity contribution in [2.75, 3.05) is 13.2 Å². The Morgan fingerprint density at radius 2 is 1.92 bits per heavy atom. The minimum absolute atomic E-state index is 0.00401. The van der Waals surface area contributed by atoms with Crippen LogP contribution in [0.15, 0.2) is 0 Å². The summed E-state index contributed by atoms with van der Waals surface area (Å²) in [6.45, 7) is 5.46. The van der Waals surface area contributed by atoms with E-state index in [1.54, 1.807) is 0 Å². The van der Waals surface area contributed by atoms with Gasteiger partial charge in [-0.2, -0.15) is 0 Å². The van der Waals surface area contributed by atoms with E-state index in [-0.39, 0.29) is 12.0 Å². The Morgan fingerprint density at radius 3 is 2.25 bits per heavy atom. The Hall–Kier alpha value is -0.220. The molecule has 4 heteroatoms. The SMILES string of the molecule is CC(NCC(C)(C)CO)C(F)F. The van der Waals surface area contributed by atoms with Crippen molar-refractivity contribution < 1.29 is 13.9 Å². The molecule has 0 aliphatic rings. The molecule has 0 radical (unpaired) electrons. The van der Waals surface area contributed by atoms with E-state index in [4.69, 9.17) is 5.11 Å². The van der Waals surface area contributed by atoms with Crippen molar-refractivity contribution in [3.63, 3.8) is 0 Å². The fourth-order valence-electron chi connectivity index (χ4n) is 0.582. The molecule has 0 aromatic carbocycles. The monoisotopic (exact) mass is 181 g/mol. The summed E-state index contributed by atoms with van der Waals surface area (Å²) in [5.74, 6) is 0. The molecule has 2 N–H and O–H groups in total. The molecule has 2 nitrogen and oxygen atoms in total. The molecule has 0 saturated heterocycles. The van der Waals surface area contributed by atoms with Crippen LogP contribution < -0.4 is 5.32 Å². The fourth-order valence-corrected chi connectivity index (χ4v) is 0.582. The highest BCUT2D eigenvalue weighted by Gasteiger charge is 2.20. The Labute approximate surface area is 72.0 Å². The molecule has 0 aliphatic heterocycles. The van der Waals surface area contributed by atoms with Crippen molar-refractivity contribution in [2.45, 2.75) is 33.2 Å². The lowest BCUT2D eigenvalue weighted by Gasteiger charge is -2.24. The summed E-state index contributed by atoms with van der Waals surface area (Å²) >= 11 is 0. The number of aliphatic hydroxyl groups excluding tert-OH is 1. The topological polar surface area (TPSA) is 32.3 Å². The summed E-state index contributed by atoms with van der Waals surface area (Å²) in [5.41, 5.74) is -0.330. The molecule has 0 spiro atoms. The van der Waals surface area contributed by atoms with E-state index >= 15 is 0 Å². The van der Waals surface area contributed by atoms with E-state index in [0.29, 0.717) is 6.54 Å². The van der Waals surface area contributed by atoms with Crippen molar-refractivity contribution >= 4 is 0 Å². The van der Waals surface area contributed by atoms with E-state index in [1.807, 2.05) is 13.8 Å². The predicted octanol–water partition coefficient (Wildman–Crippen LogP) is 1.25. The smallest absolute Gasteiger partial charge is 0.253 e. The standard InChI is InChI=1S/C8H17F2NO/c1-6(7(9)10)11-4-8(2,3)5-12/h6-7,11-12H,4-5H2,1-3H3. The van der Waals surface area contributed by atoms with Gasteiger partial charge in [-0.15, -0.1) is 0 Å². The van der Waals surface area contributed by atoms with E-state index in [1.165, 1.54) is 6.92 Å². The van der Waals surface area contributed by atoms with Crippen LogP contribution in [-0.4, -0.2) is 30.7 Å². The van der Waals surface area contributed by atoms with E-state index in [0.717, 1.165) is 0 Å². The van der Waals surface area contributed by atoms with Gasteiger partial charge in [0.15, 0.2) is 0 Å². The zero-order valence-electron chi connectivity index (χ0n) is 7.77. The minimum atomic E-state index is -2.35. The molecule has 0 rings (SSSR count). The Bertz CT molecular complexity index is 128. The van der Waals surface area contributed by atoms with Crippen LogP contribution in [0.25, 0.3) is 0 Å². The summed E-state index contributed by atoms with van der Waals surface area (Å²) in [5, 5.41) is 11.5. The first-order valence-corrected chi connectivity index (χ1v) is 4.01. The zero-order chi connectivity index (χ0) is 9.78. The van der Waals surface area contributed by atoms with Crippen LogP contribution in [0.1, 0.15) is 20.8 Å². The molecule has 0 fully saturated rings. The molecule has 12 heavy (non-hydrogen) atoms. The van der Waals surface area contributed by atoms with Crippen molar-refractivity contribution in [1.29, 1.82) is 0 Å². The molecular weight excluding hydrogens is 164 g/mol. The molecule has 0 heterocycles. The maximum absolute atomic E-state index is 12.0. The number of hydrogen-bond acceptors (Lipinski definition) is 2. The van der Waals surface area contributed by atoms with E-state index in [2.05, 4.69) is 5.32 Å². The number of halogens is 2. The molecule has 1 unspecified atom stereocenters. The second kappa shape index (κ2) is 4.72. The normalized spacial score (nSPS) is 15.2. The Morgan fingerprint density at radius 1 is 1.42 bits per heavy atom. The van der Waals surface area contributed by atoms with Crippen LogP contribution in [-0.2, 0) is 0 Å². The quantitative estimate of drug-likeness (QED) is 0.669. The van der Waals surface area contributed by atoms with Gasteiger partial charge in [-0.25, -0.2) is 8.78 Å². The summed E-state index contributed by atoms with van der Waals surface area (Å²) in [4.78, 5) is 0. The van der Waals surface area contributed by atoms with Crippen molar-refractivity contribution in [3.05, 3.63) is 0 Å². The molecule has 0 saturated carbocycles. The summed E-state index contributed by atoms with van der Waals surface area (Å²) in [6.07, 6.45) is -2.35. The van der Waals surface area contributed by atoms with Gasteiger partial charge in [-0.1, -0.05) is 13.8 Å². The van der Waals surface area contributed by atoms with Crippen LogP contribution >= 0.6 is 0 Å². The van der Waals surface area contributed by atoms with Crippen molar-refractivity contribution in [2.24, 2.45) is 5.41 Å². The van der Waals surface area contributed by atoms with Gasteiger partial charge >= 0.3 is 0 Å². The molecule has 0 aromatic rings. The number of aliphatic hydroxyl groups is 1. The third kappa shape index (κ3) is 4.62. The summed E-state index contributed by atoms with van der Waals surface area (Å²) < 4.78 is 24.0. The van der Waals surface area contributed by atoms with Gasteiger partial charge in [0.2, 0.25) is 0 Å². The van der Waals surface area contributed by atoms with Crippen LogP contribution in [0.5, 0.6) is 0 Å². The van der Waals surface area contributed by atoms with Crippen LogP contribution in [0, 0.1) is 5.41 Å². The largest absolute Gasteiger partial charge is 0.396 e.